The van der Waals surface area contributed by atoms with Gasteiger partial charge in [-0.05, 0) is 6.92 Å². The molecule has 0 aromatic carbocycles. The van der Waals surface area contributed by atoms with Gasteiger partial charge in [-0.2, -0.15) is 0 Å². The van der Waals surface area contributed by atoms with E-state index in [9.17, 15) is 13.2 Å². The lowest BCUT2D eigenvalue weighted by Crippen LogP contribution is -2.47. The van der Waals surface area contributed by atoms with Crippen molar-refractivity contribution < 1.29 is 13.2 Å². The first-order valence-corrected chi connectivity index (χ1v) is 4.75. The van der Waals surface area contributed by atoms with E-state index in [2.05, 4.69) is 5.32 Å². The Morgan fingerprint density at radius 1 is 1.60 bits per heavy atom. The van der Waals surface area contributed by atoms with E-state index in [1.807, 2.05) is 0 Å². The molecule has 1 aliphatic heterocycles. The zero-order valence-corrected chi connectivity index (χ0v) is 6.44. The molecule has 1 fully saturated rings. The maximum atomic E-state index is 10.9. The third kappa shape index (κ3) is 1.13. The van der Waals surface area contributed by atoms with Gasteiger partial charge in [-0.1, -0.05) is 0 Å². The van der Waals surface area contributed by atoms with Crippen LogP contribution in [0.4, 0.5) is 0 Å². The summed E-state index contributed by atoms with van der Waals surface area (Å²) < 4.78 is 21.9. The Kier molecular flexibility index (Phi) is 1.68. The number of carbonyl (C=O) groups is 1. The lowest BCUT2D eigenvalue weighted by atomic mass is 10.4. The van der Waals surface area contributed by atoms with Crippen LogP contribution in [0, 0.1) is 0 Å². The second-order valence-electron chi connectivity index (χ2n) is 2.30. The molecule has 1 aliphatic rings. The molecule has 0 aromatic rings. The van der Waals surface area contributed by atoms with Gasteiger partial charge in [-0.25, -0.2) is 8.42 Å². The first-order chi connectivity index (χ1) is 4.54. The second-order valence-corrected chi connectivity index (χ2v) is 4.74. The van der Waals surface area contributed by atoms with Crippen molar-refractivity contribution in [3.05, 3.63) is 0 Å². The first kappa shape index (κ1) is 7.53. The summed E-state index contributed by atoms with van der Waals surface area (Å²) in [6.07, 6.45) is 0. The fourth-order valence-corrected chi connectivity index (χ4v) is 1.95. The highest BCUT2D eigenvalue weighted by atomic mass is 32.2. The largest absolute Gasteiger partial charge is 0.354 e. The number of hydrogen-bond acceptors (Lipinski definition) is 3. The first-order valence-electron chi connectivity index (χ1n) is 3.03. The van der Waals surface area contributed by atoms with Crippen molar-refractivity contribution in [2.75, 3.05) is 12.3 Å². The minimum absolute atomic E-state index is 0.0694. The van der Waals surface area contributed by atoms with Crippen molar-refractivity contribution in [2.45, 2.75) is 12.2 Å². The average Bonchev–Trinajstić information content (AvgIpc) is 1.83. The highest BCUT2D eigenvalue weighted by molar-refractivity contribution is 7.92. The lowest BCUT2D eigenvalue weighted by Gasteiger charge is -2.18. The minimum atomic E-state index is -3.12. The topological polar surface area (TPSA) is 63.2 Å². The van der Waals surface area contributed by atoms with Crippen LogP contribution in [0.5, 0.6) is 0 Å². The molecular weight excluding hydrogens is 154 g/mol. The zero-order chi connectivity index (χ0) is 7.78. The molecule has 1 atom stereocenters. The normalized spacial score (nSPS) is 31.3. The van der Waals surface area contributed by atoms with Crippen LogP contribution in [0.15, 0.2) is 0 Å². The number of rotatable bonds is 0. The SMILES string of the molecule is C[C@@H]1C(=O)NCCS1(=O)=O. The molecule has 58 valence electrons. The summed E-state index contributed by atoms with van der Waals surface area (Å²) in [5.41, 5.74) is 0. The molecular formula is C5H9NO3S. The fourth-order valence-electron chi connectivity index (χ4n) is 0.800. The van der Waals surface area contributed by atoms with Crippen LogP contribution in [-0.2, 0) is 14.6 Å². The van der Waals surface area contributed by atoms with Gasteiger partial charge in [-0.15, -0.1) is 0 Å². The summed E-state index contributed by atoms with van der Waals surface area (Å²) in [7, 11) is -3.12. The van der Waals surface area contributed by atoms with Crippen molar-refractivity contribution in [1.29, 1.82) is 0 Å². The minimum Gasteiger partial charge on any atom is -0.354 e. The number of carbonyl (C=O) groups excluding carboxylic acids is 1. The van der Waals surface area contributed by atoms with Crippen LogP contribution >= 0.6 is 0 Å². The molecule has 0 aromatic heterocycles. The molecule has 0 saturated carbocycles. The van der Waals surface area contributed by atoms with E-state index in [0.29, 0.717) is 0 Å². The molecule has 1 amide bonds. The maximum Gasteiger partial charge on any atom is 0.238 e. The third-order valence-corrected chi connectivity index (χ3v) is 3.66. The van der Waals surface area contributed by atoms with Gasteiger partial charge in [0.25, 0.3) is 0 Å². The smallest absolute Gasteiger partial charge is 0.238 e. The number of amides is 1. The van der Waals surface area contributed by atoms with Crippen LogP contribution in [0.2, 0.25) is 0 Å². The summed E-state index contributed by atoms with van der Waals surface area (Å²) in [6, 6.07) is 0. The number of sulfone groups is 1. The summed E-state index contributed by atoms with van der Waals surface area (Å²) in [5, 5.41) is 1.61. The van der Waals surface area contributed by atoms with Crippen LogP contribution < -0.4 is 5.32 Å². The molecule has 0 bridgehead atoms. The molecule has 10 heavy (non-hydrogen) atoms. The van der Waals surface area contributed by atoms with E-state index in [4.69, 9.17) is 0 Å². The summed E-state index contributed by atoms with van der Waals surface area (Å²) in [4.78, 5) is 10.7. The number of nitrogens with one attached hydrogen (secondary N) is 1. The predicted molar refractivity (Wildman–Crippen MR) is 36.3 cm³/mol. The zero-order valence-electron chi connectivity index (χ0n) is 5.62. The molecule has 1 heterocycles. The van der Waals surface area contributed by atoms with E-state index in [1.165, 1.54) is 6.92 Å². The summed E-state index contributed by atoms with van der Waals surface area (Å²) >= 11 is 0. The van der Waals surface area contributed by atoms with E-state index in [0.717, 1.165) is 0 Å². The monoisotopic (exact) mass is 163 g/mol. The van der Waals surface area contributed by atoms with Crippen molar-refractivity contribution in [2.24, 2.45) is 0 Å². The fraction of sp³-hybridized carbons (Fsp3) is 0.800. The Morgan fingerprint density at radius 2 is 2.20 bits per heavy atom. The molecule has 0 spiro atoms. The van der Waals surface area contributed by atoms with Crippen molar-refractivity contribution in [1.82, 2.24) is 5.32 Å². The lowest BCUT2D eigenvalue weighted by molar-refractivity contribution is -0.120. The number of hydrogen-bond donors (Lipinski definition) is 1. The maximum absolute atomic E-state index is 10.9. The Hall–Kier alpha value is -0.580. The van der Waals surface area contributed by atoms with Crippen LogP contribution in [0.1, 0.15) is 6.92 Å². The standard InChI is InChI=1S/C5H9NO3S/c1-4-5(7)6-2-3-10(4,8)9/h4H,2-3H2,1H3,(H,6,7)/t4-/m1/s1. The molecule has 1 saturated heterocycles. The highest BCUT2D eigenvalue weighted by Gasteiger charge is 2.31. The Morgan fingerprint density at radius 3 is 2.60 bits per heavy atom. The van der Waals surface area contributed by atoms with E-state index in [1.54, 1.807) is 0 Å². The quantitative estimate of drug-likeness (QED) is 0.494. The average molecular weight is 163 g/mol. The summed E-state index contributed by atoms with van der Waals surface area (Å²) in [5.74, 6) is -0.314. The van der Waals surface area contributed by atoms with Crippen molar-refractivity contribution in [3.8, 4) is 0 Å². The third-order valence-electron chi connectivity index (χ3n) is 1.59. The Balaban J connectivity index is 2.91. The molecule has 1 rings (SSSR count). The van der Waals surface area contributed by atoms with E-state index >= 15 is 0 Å². The van der Waals surface area contributed by atoms with Gasteiger partial charge in [0.1, 0.15) is 5.25 Å². The Labute approximate surface area is 59.5 Å². The van der Waals surface area contributed by atoms with Crippen LogP contribution in [0.25, 0.3) is 0 Å². The van der Waals surface area contributed by atoms with Gasteiger partial charge in [0.15, 0.2) is 9.84 Å². The molecule has 0 radical (unpaired) electrons. The van der Waals surface area contributed by atoms with Gasteiger partial charge in [0, 0.05) is 6.54 Å². The van der Waals surface area contributed by atoms with Gasteiger partial charge in [-0.3, -0.25) is 4.79 Å². The van der Waals surface area contributed by atoms with Crippen LogP contribution in [-0.4, -0.2) is 31.9 Å². The highest BCUT2D eigenvalue weighted by Crippen LogP contribution is 2.05. The van der Waals surface area contributed by atoms with Crippen LogP contribution in [0.3, 0.4) is 0 Å². The Bertz CT molecular complexity index is 244. The van der Waals surface area contributed by atoms with Gasteiger partial charge in [0.05, 0.1) is 5.75 Å². The van der Waals surface area contributed by atoms with Gasteiger partial charge >= 0.3 is 0 Å². The van der Waals surface area contributed by atoms with Gasteiger partial charge in [0.2, 0.25) is 5.91 Å². The van der Waals surface area contributed by atoms with E-state index in [-0.39, 0.29) is 18.2 Å². The molecule has 0 unspecified atom stereocenters. The molecule has 4 nitrogen and oxygen atoms in total. The van der Waals surface area contributed by atoms with E-state index < -0.39 is 15.1 Å². The van der Waals surface area contributed by atoms with Crippen molar-refractivity contribution in [3.63, 3.8) is 0 Å². The molecule has 0 aliphatic carbocycles. The van der Waals surface area contributed by atoms with Gasteiger partial charge < -0.3 is 5.32 Å². The summed E-state index contributed by atoms with van der Waals surface area (Å²) in [6.45, 7) is 1.66. The molecule has 5 heteroatoms. The molecule has 1 N–H and O–H groups in total. The van der Waals surface area contributed by atoms with Crippen molar-refractivity contribution >= 4 is 15.7 Å². The second kappa shape index (κ2) is 2.23. The predicted octanol–water partition coefficient (Wildman–Crippen LogP) is -1.08.